The van der Waals surface area contributed by atoms with E-state index in [4.69, 9.17) is 0 Å². The Balaban J connectivity index is 1.84. The fourth-order valence-electron chi connectivity index (χ4n) is 3.09. The molecule has 0 saturated carbocycles. The normalized spacial score (nSPS) is 10.9. The number of amides is 1. The average molecular weight is 439 g/mol. The van der Waals surface area contributed by atoms with Gasteiger partial charge in [0, 0.05) is 23.4 Å². The number of benzene rings is 2. The first-order valence-corrected chi connectivity index (χ1v) is 9.21. The van der Waals surface area contributed by atoms with Crippen molar-refractivity contribution in [2.45, 2.75) is 0 Å². The van der Waals surface area contributed by atoms with Crippen LogP contribution in [0.1, 0.15) is 10.4 Å². The molecule has 0 bridgehead atoms. The highest BCUT2D eigenvalue weighted by atomic mass is 79.9. The molecule has 4 rings (SSSR count). The first-order chi connectivity index (χ1) is 13.5. The smallest absolute Gasteiger partial charge is 0.333 e. The Kier molecular flexibility index (Phi) is 4.48. The van der Waals surface area contributed by atoms with Crippen LogP contribution in [0.25, 0.3) is 16.7 Å². The summed E-state index contributed by atoms with van der Waals surface area (Å²) in [6, 6.07) is 15.7. The van der Waals surface area contributed by atoms with Gasteiger partial charge < -0.3 is 14.9 Å². The van der Waals surface area contributed by atoms with Crippen molar-refractivity contribution in [1.29, 1.82) is 0 Å². The molecule has 2 aromatic heterocycles. The van der Waals surface area contributed by atoms with E-state index in [1.807, 2.05) is 0 Å². The Morgan fingerprint density at radius 1 is 1.04 bits per heavy atom. The number of aryl methyl sites for hydroxylation is 1. The molecule has 2 aromatic carbocycles. The molecule has 0 aliphatic carbocycles. The van der Waals surface area contributed by atoms with Gasteiger partial charge in [0.2, 0.25) is 0 Å². The third-order valence-electron chi connectivity index (χ3n) is 4.38. The minimum Gasteiger partial charge on any atom is -0.344 e. The van der Waals surface area contributed by atoms with Gasteiger partial charge in [0.25, 0.3) is 11.5 Å². The molecule has 0 aliphatic rings. The Morgan fingerprint density at radius 3 is 2.39 bits per heavy atom. The van der Waals surface area contributed by atoms with E-state index >= 15 is 0 Å². The fourth-order valence-corrected chi connectivity index (χ4v) is 3.35. The van der Waals surface area contributed by atoms with E-state index in [1.54, 1.807) is 66.2 Å². The fraction of sp³-hybridized carbons (Fsp3) is 0.0500. The van der Waals surface area contributed by atoms with Crippen LogP contribution in [0.2, 0.25) is 0 Å². The van der Waals surface area contributed by atoms with Crippen molar-refractivity contribution in [2.75, 3.05) is 5.32 Å². The van der Waals surface area contributed by atoms with Gasteiger partial charge in [0.1, 0.15) is 5.52 Å². The number of fused-ring (bicyclic) bond motifs is 1. The Labute approximate surface area is 167 Å². The van der Waals surface area contributed by atoms with Crippen molar-refractivity contribution >= 4 is 38.6 Å². The molecule has 4 aromatic rings. The number of anilines is 1. The molecule has 1 amide bonds. The SMILES string of the molecule is Cn1cc(C(=O)Nc2ccc(Br)cc2)c2[nH]c(=O)n(-c3ccccc3)c(=O)c21. The number of aromatic nitrogens is 3. The lowest BCUT2D eigenvalue weighted by Crippen LogP contribution is -2.34. The van der Waals surface area contributed by atoms with Crippen LogP contribution in [0.5, 0.6) is 0 Å². The highest BCUT2D eigenvalue weighted by molar-refractivity contribution is 9.10. The van der Waals surface area contributed by atoms with E-state index in [0.29, 0.717) is 11.4 Å². The van der Waals surface area contributed by atoms with Crippen LogP contribution < -0.4 is 16.6 Å². The van der Waals surface area contributed by atoms with E-state index in [2.05, 4.69) is 26.2 Å². The molecule has 0 atom stereocenters. The molecule has 2 N–H and O–H groups in total. The first-order valence-electron chi connectivity index (χ1n) is 8.42. The van der Waals surface area contributed by atoms with Crippen LogP contribution >= 0.6 is 15.9 Å². The van der Waals surface area contributed by atoms with Crippen LogP contribution in [0.15, 0.2) is 74.9 Å². The molecule has 0 aliphatic heterocycles. The Hall–Kier alpha value is -3.39. The second-order valence-corrected chi connectivity index (χ2v) is 7.16. The van der Waals surface area contributed by atoms with Gasteiger partial charge in [-0.1, -0.05) is 34.1 Å². The molecule has 0 spiro atoms. The minimum absolute atomic E-state index is 0.208. The summed E-state index contributed by atoms with van der Waals surface area (Å²) in [6.07, 6.45) is 1.53. The summed E-state index contributed by atoms with van der Waals surface area (Å²) in [7, 11) is 1.66. The number of nitrogens with zero attached hydrogens (tertiary/aromatic N) is 2. The number of para-hydroxylation sites is 1. The molecule has 28 heavy (non-hydrogen) atoms. The monoisotopic (exact) mass is 438 g/mol. The summed E-state index contributed by atoms with van der Waals surface area (Å²) < 4.78 is 3.49. The van der Waals surface area contributed by atoms with Crippen LogP contribution in [0.4, 0.5) is 5.69 Å². The zero-order chi connectivity index (χ0) is 19.8. The lowest BCUT2D eigenvalue weighted by atomic mass is 10.2. The zero-order valence-electron chi connectivity index (χ0n) is 14.8. The first kappa shape index (κ1) is 18.0. The van der Waals surface area contributed by atoms with Crippen molar-refractivity contribution in [3.8, 4) is 5.69 Å². The highest BCUT2D eigenvalue weighted by Crippen LogP contribution is 2.19. The van der Waals surface area contributed by atoms with Crippen LogP contribution in [0, 0.1) is 0 Å². The van der Waals surface area contributed by atoms with Crippen molar-refractivity contribution in [3.05, 3.63) is 91.7 Å². The van der Waals surface area contributed by atoms with Crippen molar-refractivity contribution in [1.82, 2.24) is 14.1 Å². The van der Waals surface area contributed by atoms with Gasteiger partial charge in [0.05, 0.1) is 16.8 Å². The zero-order valence-corrected chi connectivity index (χ0v) is 16.4. The second-order valence-electron chi connectivity index (χ2n) is 6.24. The van der Waals surface area contributed by atoms with E-state index < -0.39 is 17.2 Å². The van der Waals surface area contributed by atoms with E-state index in [0.717, 1.165) is 9.04 Å². The maximum atomic E-state index is 13.0. The number of nitrogens with one attached hydrogen (secondary N) is 2. The summed E-state index contributed by atoms with van der Waals surface area (Å²) in [5.41, 5.74) is 0.629. The predicted molar refractivity (Wildman–Crippen MR) is 111 cm³/mol. The molecule has 2 heterocycles. The van der Waals surface area contributed by atoms with E-state index in [9.17, 15) is 14.4 Å². The predicted octanol–water partition coefficient (Wildman–Crippen LogP) is 3.03. The maximum Gasteiger partial charge on any atom is 0.333 e. The van der Waals surface area contributed by atoms with Gasteiger partial charge in [-0.15, -0.1) is 0 Å². The van der Waals surface area contributed by atoms with Gasteiger partial charge in [-0.2, -0.15) is 0 Å². The number of carbonyl (C=O) groups excluding carboxylic acids is 1. The molecule has 7 nitrogen and oxygen atoms in total. The van der Waals surface area contributed by atoms with Gasteiger partial charge in [-0.3, -0.25) is 9.59 Å². The number of hydrogen-bond acceptors (Lipinski definition) is 3. The van der Waals surface area contributed by atoms with Gasteiger partial charge in [-0.25, -0.2) is 9.36 Å². The van der Waals surface area contributed by atoms with Gasteiger partial charge in [0.15, 0.2) is 0 Å². The van der Waals surface area contributed by atoms with Crippen LogP contribution in [0.3, 0.4) is 0 Å². The van der Waals surface area contributed by atoms with Gasteiger partial charge in [-0.05, 0) is 36.4 Å². The van der Waals surface area contributed by atoms with Crippen molar-refractivity contribution < 1.29 is 4.79 Å². The summed E-state index contributed by atoms with van der Waals surface area (Å²) in [5, 5.41) is 2.77. The molecule has 0 unspecified atom stereocenters. The second kappa shape index (κ2) is 6.97. The molecule has 0 fully saturated rings. The summed E-state index contributed by atoms with van der Waals surface area (Å²) in [5.74, 6) is -0.416. The van der Waals surface area contributed by atoms with Gasteiger partial charge >= 0.3 is 5.69 Å². The Morgan fingerprint density at radius 2 is 1.71 bits per heavy atom. The number of rotatable bonds is 3. The van der Waals surface area contributed by atoms with Crippen LogP contribution in [-0.2, 0) is 7.05 Å². The number of halogens is 1. The molecular weight excluding hydrogens is 424 g/mol. The van der Waals surface area contributed by atoms with Crippen molar-refractivity contribution in [3.63, 3.8) is 0 Å². The third-order valence-corrected chi connectivity index (χ3v) is 4.91. The number of H-pyrrole nitrogens is 1. The number of aromatic amines is 1. The topological polar surface area (TPSA) is 88.9 Å². The highest BCUT2D eigenvalue weighted by Gasteiger charge is 2.20. The minimum atomic E-state index is -0.604. The Bertz CT molecular complexity index is 1300. The van der Waals surface area contributed by atoms with E-state index in [1.165, 1.54) is 6.20 Å². The standard InChI is InChI=1S/C20H15BrN4O3/c1-24-11-15(18(26)22-13-9-7-12(21)8-10-13)16-17(24)19(27)25(20(28)23-16)14-5-3-2-4-6-14/h2-11H,1H3,(H,22,26)(H,23,28). The lowest BCUT2D eigenvalue weighted by Gasteiger charge is -2.06. The maximum absolute atomic E-state index is 13.0. The van der Waals surface area contributed by atoms with Crippen LogP contribution in [-0.4, -0.2) is 20.0 Å². The molecule has 0 saturated heterocycles. The average Bonchev–Trinajstić information content (AvgIpc) is 3.01. The molecule has 0 radical (unpaired) electrons. The van der Waals surface area contributed by atoms with Crippen molar-refractivity contribution in [2.24, 2.45) is 7.05 Å². The largest absolute Gasteiger partial charge is 0.344 e. The molecule has 8 heteroatoms. The third kappa shape index (κ3) is 3.07. The summed E-state index contributed by atoms with van der Waals surface area (Å²) >= 11 is 3.34. The molecule has 140 valence electrons. The lowest BCUT2D eigenvalue weighted by molar-refractivity contribution is 0.102. The number of hydrogen-bond donors (Lipinski definition) is 2. The van der Waals surface area contributed by atoms with E-state index in [-0.39, 0.29) is 16.6 Å². The summed E-state index contributed by atoms with van der Waals surface area (Å²) in [6.45, 7) is 0. The summed E-state index contributed by atoms with van der Waals surface area (Å²) in [4.78, 5) is 41.0. The quantitative estimate of drug-likeness (QED) is 0.515. The molecular formula is C20H15BrN4O3. The number of carbonyl (C=O) groups is 1.